The molecule has 1 fully saturated rings. The number of hydrogen-bond donors (Lipinski definition) is 2. The van der Waals surface area contributed by atoms with E-state index in [1.807, 2.05) is 0 Å². The van der Waals surface area contributed by atoms with Gasteiger partial charge in [-0.15, -0.1) is 0 Å². The zero-order valence-electron chi connectivity index (χ0n) is 10.5. The standard InChI is InChI=1S/C14H23NO2/c16-13-9-5-4-8-12(13)15-14(17)10-11-6-2-1-3-7-11/h6,12-13,16H,1-5,7-10H2,(H,15,17)/t12-,13-/m1/s1. The van der Waals surface area contributed by atoms with E-state index in [0.717, 1.165) is 38.5 Å². The van der Waals surface area contributed by atoms with Gasteiger partial charge < -0.3 is 10.4 Å². The highest BCUT2D eigenvalue weighted by molar-refractivity contribution is 5.78. The molecule has 2 aliphatic rings. The topological polar surface area (TPSA) is 49.3 Å². The van der Waals surface area contributed by atoms with E-state index in [1.54, 1.807) is 0 Å². The van der Waals surface area contributed by atoms with Gasteiger partial charge in [-0.25, -0.2) is 0 Å². The second-order valence-corrected chi connectivity index (χ2v) is 5.31. The summed E-state index contributed by atoms with van der Waals surface area (Å²) in [7, 11) is 0. The summed E-state index contributed by atoms with van der Waals surface area (Å²) in [6.45, 7) is 0. The highest BCUT2D eigenvalue weighted by Crippen LogP contribution is 2.21. The van der Waals surface area contributed by atoms with Crippen molar-refractivity contribution in [1.82, 2.24) is 5.32 Å². The molecule has 0 aromatic carbocycles. The SMILES string of the molecule is O=C(CC1=CCCCC1)N[C@@H]1CCCC[C@H]1O. The lowest BCUT2D eigenvalue weighted by molar-refractivity contribution is -0.122. The van der Waals surface area contributed by atoms with Gasteiger partial charge in [0.2, 0.25) is 5.91 Å². The largest absolute Gasteiger partial charge is 0.391 e. The molecule has 2 aliphatic carbocycles. The Balaban J connectivity index is 1.78. The fourth-order valence-electron chi connectivity index (χ4n) is 2.81. The quantitative estimate of drug-likeness (QED) is 0.740. The Morgan fingerprint density at radius 2 is 2.12 bits per heavy atom. The van der Waals surface area contributed by atoms with Gasteiger partial charge in [0.05, 0.1) is 12.1 Å². The fraction of sp³-hybridized carbons (Fsp3) is 0.786. The predicted molar refractivity (Wildman–Crippen MR) is 67.6 cm³/mol. The van der Waals surface area contributed by atoms with Gasteiger partial charge in [0, 0.05) is 6.42 Å². The van der Waals surface area contributed by atoms with Crippen molar-refractivity contribution in [3.63, 3.8) is 0 Å². The van der Waals surface area contributed by atoms with Gasteiger partial charge in [-0.2, -0.15) is 0 Å². The van der Waals surface area contributed by atoms with E-state index in [1.165, 1.54) is 18.4 Å². The molecule has 2 atom stereocenters. The number of amides is 1. The van der Waals surface area contributed by atoms with Gasteiger partial charge in [-0.1, -0.05) is 24.5 Å². The molecule has 0 aromatic heterocycles. The molecule has 3 heteroatoms. The summed E-state index contributed by atoms with van der Waals surface area (Å²) in [6, 6.07) is -0.0135. The molecule has 0 bridgehead atoms. The third-order valence-corrected chi connectivity index (χ3v) is 3.85. The van der Waals surface area contributed by atoms with E-state index < -0.39 is 0 Å². The van der Waals surface area contributed by atoms with Crippen LogP contribution in [-0.2, 0) is 4.79 Å². The minimum absolute atomic E-state index is 0.0135. The van der Waals surface area contributed by atoms with E-state index in [0.29, 0.717) is 6.42 Å². The van der Waals surface area contributed by atoms with Crippen molar-refractivity contribution in [2.45, 2.75) is 69.9 Å². The average molecular weight is 237 g/mol. The van der Waals surface area contributed by atoms with Crippen LogP contribution in [0.4, 0.5) is 0 Å². The molecular formula is C14H23NO2. The summed E-state index contributed by atoms with van der Waals surface area (Å²) < 4.78 is 0. The molecule has 0 aliphatic heterocycles. The van der Waals surface area contributed by atoms with Crippen LogP contribution in [0.25, 0.3) is 0 Å². The first-order valence-electron chi connectivity index (χ1n) is 6.91. The van der Waals surface area contributed by atoms with Gasteiger partial charge in [0.25, 0.3) is 0 Å². The Morgan fingerprint density at radius 1 is 1.29 bits per heavy atom. The highest BCUT2D eigenvalue weighted by atomic mass is 16.3. The van der Waals surface area contributed by atoms with E-state index in [4.69, 9.17) is 0 Å². The van der Waals surface area contributed by atoms with Crippen LogP contribution in [0.15, 0.2) is 11.6 Å². The number of carbonyl (C=O) groups excluding carboxylic acids is 1. The Labute approximate surface area is 103 Å². The number of hydrogen-bond acceptors (Lipinski definition) is 2. The molecule has 0 heterocycles. The van der Waals surface area contributed by atoms with Gasteiger partial charge >= 0.3 is 0 Å². The van der Waals surface area contributed by atoms with Crippen molar-refractivity contribution in [2.24, 2.45) is 0 Å². The highest BCUT2D eigenvalue weighted by Gasteiger charge is 2.24. The van der Waals surface area contributed by atoms with Gasteiger partial charge in [0.15, 0.2) is 0 Å². The predicted octanol–water partition coefficient (Wildman–Crippen LogP) is 2.30. The minimum Gasteiger partial charge on any atom is -0.391 e. The lowest BCUT2D eigenvalue weighted by Crippen LogP contribution is -2.45. The van der Waals surface area contributed by atoms with Crippen LogP contribution in [0.5, 0.6) is 0 Å². The van der Waals surface area contributed by atoms with Crippen LogP contribution in [0.1, 0.15) is 57.8 Å². The van der Waals surface area contributed by atoms with Crippen LogP contribution in [0, 0.1) is 0 Å². The van der Waals surface area contributed by atoms with Crippen molar-refractivity contribution in [3.05, 3.63) is 11.6 Å². The van der Waals surface area contributed by atoms with Crippen LogP contribution in [0.2, 0.25) is 0 Å². The molecule has 0 saturated heterocycles. The lowest BCUT2D eigenvalue weighted by Gasteiger charge is -2.28. The van der Waals surface area contributed by atoms with Crippen LogP contribution < -0.4 is 5.32 Å². The van der Waals surface area contributed by atoms with Crippen molar-refractivity contribution in [2.75, 3.05) is 0 Å². The molecule has 2 N–H and O–H groups in total. The zero-order valence-corrected chi connectivity index (χ0v) is 10.5. The second kappa shape index (κ2) is 6.20. The van der Waals surface area contributed by atoms with Crippen molar-refractivity contribution in [3.8, 4) is 0 Å². The first kappa shape index (κ1) is 12.6. The Hall–Kier alpha value is -0.830. The van der Waals surface area contributed by atoms with Crippen molar-refractivity contribution < 1.29 is 9.90 Å². The van der Waals surface area contributed by atoms with E-state index in [2.05, 4.69) is 11.4 Å². The Morgan fingerprint density at radius 3 is 2.82 bits per heavy atom. The molecule has 1 amide bonds. The minimum atomic E-state index is -0.340. The third-order valence-electron chi connectivity index (χ3n) is 3.85. The number of carbonyl (C=O) groups is 1. The summed E-state index contributed by atoms with van der Waals surface area (Å²) in [5, 5.41) is 12.8. The molecule has 17 heavy (non-hydrogen) atoms. The van der Waals surface area contributed by atoms with Gasteiger partial charge in [0.1, 0.15) is 0 Å². The maximum absolute atomic E-state index is 11.9. The molecule has 1 saturated carbocycles. The normalized spacial score (nSPS) is 29.6. The first-order chi connectivity index (χ1) is 8.25. The number of rotatable bonds is 3. The summed E-state index contributed by atoms with van der Waals surface area (Å²) in [5.41, 5.74) is 1.28. The molecule has 96 valence electrons. The van der Waals surface area contributed by atoms with Crippen LogP contribution in [-0.4, -0.2) is 23.2 Å². The monoisotopic (exact) mass is 237 g/mol. The number of aliphatic hydroxyl groups excluding tert-OH is 1. The molecule has 2 rings (SSSR count). The third kappa shape index (κ3) is 3.84. The maximum Gasteiger partial charge on any atom is 0.224 e. The average Bonchev–Trinajstić information content (AvgIpc) is 2.33. The number of allylic oxidation sites excluding steroid dienone is 1. The smallest absolute Gasteiger partial charge is 0.224 e. The second-order valence-electron chi connectivity index (χ2n) is 5.31. The molecule has 3 nitrogen and oxygen atoms in total. The Bertz CT molecular complexity index is 299. The Kier molecular flexibility index (Phi) is 4.60. The van der Waals surface area contributed by atoms with Crippen molar-refractivity contribution >= 4 is 5.91 Å². The summed E-state index contributed by atoms with van der Waals surface area (Å²) in [4.78, 5) is 11.9. The van der Waals surface area contributed by atoms with Gasteiger partial charge in [-0.05, 0) is 38.5 Å². The van der Waals surface area contributed by atoms with E-state index in [9.17, 15) is 9.90 Å². The lowest BCUT2D eigenvalue weighted by atomic mass is 9.92. The fourth-order valence-corrected chi connectivity index (χ4v) is 2.81. The van der Waals surface area contributed by atoms with Gasteiger partial charge in [-0.3, -0.25) is 4.79 Å². The van der Waals surface area contributed by atoms with Crippen molar-refractivity contribution in [1.29, 1.82) is 0 Å². The number of nitrogens with one attached hydrogen (secondary N) is 1. The molecule has 0 spiro atoms. The molecule has 0 aromatic rings. The maximum atomic E-state index is 11.9. The summed E-state index contributed by atoms with van der Waals surface area (Å²) >= 11 is 0. The molecular weight excluding hydrogens is 214 g/mol. The van der Waals surface area contributed by atoms with Crippen LogP contribution >= 0.6 is 0 Å². The van der Waals surface area contributed by atoms with E-state index >= 15 is 0 Å². The van der Waals surface area contributed by atoms with Crippen LogP contribution in [0.3, 0.4) is 0 Å². The summed E-state index contributed by atoms with van der Waals surface area (Å²) in [5.74, 6) is 0.0871. The molecule has 0 radical (unpaired) electrons. The first-order valence-corrected chi connectivity index (χ1v) is 6.91. The number of aliphatic hydroxyl groups is 1. The summed E-state index contributed by atoms with van der Waals surface area (Å²) in [6.07, 6.45) is 11.0. The molecule has 0 unspecified atom stereocenters. The van der Waals surface area contributed by atoms with E-state index in [-0.39, 0.29) is 18.1 Å². The zero-order chi connectivity index (χ0) is 12.1.